The molecule has 0 saturated carbocycles. The van der Waals surface area contributed by atoms with Gasteiger partial charge in [0.1, 0.15) is 5.84 Å². The molecule has 0 bridgehead atoms. The molecule has 2 atom stereocenters. The minimum atomic E-state index is 0.0139. The Kier molecular flexibility index (Phi) is 6.92. The standard InChI is InChI=1S/C14H23N3O2/c1-3-19-11(2)10-16-13(9-14(15)17-18)12-7-5-4-6-8-12/h4-8,11,13,16,18H,3,9-10H2,1-2H3,(H2,15,17). The first kappa shape index (κ1) is 15.5. The smallest absolute Gasteiger partial charge is 0.141 e. The largest absolute Gasteiger partial charge is 0.409 e. The van der Waals surface area contributed by atoms with Crippen molar-refractivity contribution in [1.29, 1.82) is 0 Å². The van der Waals surface area contributed by atoms with Crippen molar-refractivity contribution in [3.63, 3.8) is 0 Å². The second-order valence-corrected chi connectivity index (χ2v) is 4.43. The second kappa shape index (κ2) is 8.50. The van der Waals surface area contributed by atoms with Crippen LogP contribution in [0.5, 0.6) is 0 Å². The second-order valence-electron chi connectivity index (χ2n) is 4.43. The fourth-order valence-electron chi connectivity index (χ4n) is 1.89. The van der Waals surface area contributed by atoms with E-state index < -0.39 is 0 Å². The van der Waals surface area contributed by atoms with Gasteiger partial charge in [0.2, 0.25) is 0 Å². The van der Waals surface area contributed by atoms with Crippen LogP contribution >= 0.6 is 0 Å². The molecule has 0 aliphatic heterocycles. The number of benzene rings is 1. The van der Waals surface area contributed by atoms with Gasteiger partial charge in [-0.1, -0.05) is 35.5 Å². The molecule has 2 unspecified atom stereocenters. The molecule has 0 heterocycles. The molecule has 1 aromatic rings. The van der Waals surface area contributed by atoms with Crippen molar-refractivity contribution < 1.29 is 9.94 Å². The Morgan fingerprint density at radius 2 is 2.11 bits per heavy atom. The summed E-state index contributed by atoms with van der Waals surface area (Å²) in [5.41, 5.74) is 6.71. The van der Waals surface area contributed by atoms with E-state index in [2.05, 4.69) is 10.5 Å². The first-order chi connectivity index (χ1) is 9.17. The van der Waals surface area contributed by atoms with E-state index in [4.69, 9.17) is 15.7 Å². The maximum atomic E-state index is 8.70. The van der Waals surface area contributed by atoms with Crippen LogP contribution in [-0.4, -0.2) is 30.3 Å². The predicted molar refractivity (Wildman–Crippen MR) is 76.3 cm³/mol. The molecule has 0 aliphatic rings. The van der Waals surface area contributed by atoms with Gasteiger partial charge in [0.05, 0.1) is 6.10 Å². The predicted octanol–water partition coefficient (Wildman–Crippen LogP) is 1.88. The molecule has 0 aliphatic carbocycles. The van der Waals surface area contributed by atoms with E-state index in [0.717, 1.165) is 5.56 Å². The Balaban J connectivity index is 2.65. The molecule has 1 rings (SSSR count). The zero-order chi connectivity index (χ0) is 14.1. The van der Waals surface area contributed by atoms with Gasteiger partial charge in [0.25, 0.3) is 0 Å². The molecular weight excluding hydrogens is 242 g/mol. The van der Waals surface area contributed by atoms with E-state index in [1.54, 1.807) is 0 Å². The number of ether oxygens (including phenoxy) is 1. The monoisotopic (exact) mass is 265 g/mol. The Morgan fingerprint density at radius 3 is 2.68 bits per heavy atom. The highest BCUT2D eigenvalue weighted by Crippen LogP contribution is 2.16. The summed E-state index contributed by atoms with van der Waals surface area (Å²) >= 11 is 0. The molecule has 0 fully saturated rings. The summed E-state index contributed by atoms with van der Waals surface area (Å²) in [6.07, 6.45) is 0.586. The topological polar surface area (TPSA) is 79.9 Å². The quantitative estimate of drug-likeness (QED) is 0.290. The third kappa shape index (κ3) is 5.72. The van der Waals surface area contributed by atoms with E-state index >= 15 is 0 Å². The first-order valence-corrected chi connectivity index (χ1v) is 6.53. The van der Waals surface area contributed by atoms with Gasteiger partial charge < -0.3 is 21.0 Å². The van der Waals surface area contributed by atoms with Crippen LogP contribution in [0.4, 0.5) is 0 Å². The summed E-state index contributed by atoms with van der Waals surface area (Å²) < 4.78 is 5.49. The lowest BCUT2D eigenvalue weighted by atomic mass is 10.0. The van der Waals surface area contributed by atoms with Gasteiger partial charge in [0.15, 0.2) is 0 Å². The lowest BCUT2D eigenvalue weighted by Gasteiger charge is -2.21. The van der Waals surface area contributed by atoms with Crippen LogP contribution in [0.3, 0.4) is 0 Å². The van der Waals surface area contributed by atoms with Gasteiger partial charge in [-0.3, -0.25) is 0 Å². The molecule has 0 spiro atoms. The van der Waals surface area contributed by atoms with Crippen LogP contribution in [0.1, 0.15) is 31.9 Å². The Bertz CT molecular complexity index is 382. The summed E-state index contributed by atoms with van der Waals surface area (Å²) in [5, 5.41) is 15.1. The Hall–Kier alpha value is -1.59. The highest BCUT2D eigenvalue weighted by molar-refractivity contribution is 5.80. The van der Waals surface area contributed by atoms with Crippen molar-refractivity contribution in [3.8, 4) is 0 Å². The normalized spacial score (nSPS) is 15.2. The van der Waals surface area contributed by atoms with E-state index in [0.29, 0.717) is 19.6 Å². The number of hydrogen-bond donors (Lipinski definition) is 3. The van der Waals surface area contributed by atoms with Gasteiger partial charge in [-0.15, -0.1) is 0 Å². The molecule has 106 valence electrons. The minimum absolute atomic E-state index is 0.0139. The van der Waals surface area contributed by atoms with Crippen molar-refractivity contribution in [2.75, 3.05) is 13.2 Å². The maximum Gasteiger partial charge on any atom is 0.141 e. The summed E-state index contributed by atoms with van der Waals surface area (Å²) in [4.78, 5) is 0. The molecule has 5 nitrogen and oxygen atoms in total. The van der Waals surface area contributed by atoms with Gasteiger partial charge in [0, 0.05) is 25.6 Å². The van der Waals surface area contributed by atoms with Crippen molar-refractivity contribution in [2.45, 2.75) is 32.4 Å². The minimum Gasteiger partial charge on any atom is -0.409 e. The lowest BCUT2D eigenvalue weighted by Crippen LogP contribution is -2.33. The van der Waals surface area contributed by atoms with Crippen molar-refractivity contribution in [3.05, 3.63) is 35.9 Å². The fraction of sp³-hybridized carbons (Fsp3) is 0.500. The molecule has 4 N–H and O–H groups in total. The highest BCUT2D eigenvalue weighted by atomic mass is 16.5. The Labute approximate surface area is 114 Å². The molecule has 0 amide bonds. The van der Waals surface area contributed by atoms with Crippen LogP contribution in [0.2, 0.25) is 0 Å². The van der Waals surface area contributed by atoms with Gasteiger partial charge >= 0.3 is 0 Å². The molecule has 0 aromatic heterocycles. The van der Waals surface area contributed by atoms with Crippen LogP contribution in [-0.2, 0) is 4.74 Å². The van der Waals surface area contributed by atoms with Gasteiger partial charge in [-0.25, -0.2) is 0 Å². The van der Waals surface area contributed by atoms with E-state index in [1.165, 1.54) is 0 Å². The van der Waals surface area contributed by atoms with Gasteiger partial charge in [-0.2, -0.15) is 0 Å². The number of hydrogen-bond acceptors (Lipinski definition) is 4. The zero-order valence-corrected chi connectivity index (χ0v) is 11.5. The maximum absolute atomic E-state index is 8.70. The van der Waals surface area contributed by atoms with Crippen molar-refractivity contribution >= 4 is 5.84 Å². The summed E-state index contributed by atoms with van der Waals surface area (Å²) in [5.74, 6) is 0.213. The third-order valence-corrected chi connectivity index (χ3v) is 2.85. The number of nitrogens with one attached hydrogen (secondary N) is 1. The van der Waals surface area contributed by atoms with E-state index in [9.17, 15) is 0 Å². The lowest BCUT2D eigenvalue weighted by molar-refractivity contribution is 0.0740. The molecule has 19 heavy (non-hydrogen) atoms. The molecule has 0 radical (unpaired) electrons. The third-order valence-electron chi connectivity index (χ3n) is 2.85. The van der Waals surface area contributed by atoms with Crippen LogP contribution in [0.15, 0.2) is 35.5 Å². The average Bonchev–Trinajstić information content (AvgIpc) is 2.44. The fourth-order valence-corrected chi connectivity index (χ4v) is 1.89. The number of amidine groups is 1. The van der Waals surface area contributed by atoms with E-state index in [-0.39, 0.29) is 18.0 Å². The van der Waals surface area contributed by atoms with Gasteiger partial charge in [-0.05, 0) is 19.4 Å². The number of oxime groups is 1. The zero-order valence-electron chi connectivity index (χ0n) is 11.5. The Morgan fingerprint density at radius 1 is 1.42 bits per heavy atom. The molecule has 5 heteroatoms. The number of nitrogens with zero attached hydrogens (tertiary/aromatic N) is 1. The van der Waals surface area contributed by atoms with Crippen LogP contribution in [0, 0.1) is 0 Å². The summed E-state index contributed by atoms with van der Waals surface area (Å²) in [6, 6.07) is 9.97. The van der Waals surface area contributed by atoms with E-state index in [1.807, 2.05) is 44.2 Å². The summed E-state index contributed by atoms with van der Waals surface area (Å²) in [6.45, 7) is 5.40. The van der Waals surface area contributed by atoms with Crippen LogP contribution < -0.4 is 11.1 Å². The average molecular weight is 265 g/mol. The number of nitrogens with two attached hydrogens (primary N) is 1. The van der Waals surface area contributed by atoms with Crippen LogP contribution in [0.25, 0.3) is 0 Å². The number of rotatable bonds is 8. The van der Waals surface area contributed by atoms with Crippen molar-refractivity contribution in [2.24, 2.45) is 10.9 Å². The first-order valence-electron chi connectivity index (χ1n) is 6.53. The molecular formula is C14H23N3O2. The molecule has 0 saturated heterocycles. The summed E-state index contributed by atoms with van der Waals surface area (Å²) in [7, 11) is 0. The SMILES string of the molecule is CCOC(C)CNC(C/C(N)=N/O)c1ccccc1. The van der Waals surface area contributed by atoms with Crippen molar-refractivity contribution in [1.82, 2.24) is 5.32 Å². The molecule has 1 aromatic carbocycles. The highest BCUT2D eigenvalue weighted by Gasteiger charge is 2.14.